The summed E-state index contributed by atoms with van der Waals surface area (Å²) in [5.41, 5.74) is 0.418. The maximum absolute atomic E-state index is 5.93. The number of hydrogen-bond acceptors (Lipinski definition) is 5. The van der Waals surface area contributed by atoms with Crippen LogP contribution in [0.25, 0.3) is 0 Å². The minimum atomic E-state index is 0.219. The van der Waals surface area contributed by atoms with Gasteiger partial charge in [0, 0.05) is 26.2 Å². The fourth-order valence-corrected chi connectivity index (χ4v) is 3.51. The quantitative estimate of drug-likeness (QED) is 0.881. The second-order valence-corrected chi connectivity index (χ2v) is 6.85. The minimum absolute atomic E-state index is 0.219. The molecule has 6 heteroatoms. The molecule has 21 heavy (non-hydrogen) atoms. The van der Waals surface area contributed by atoms with Crippen LogP contribution in [0, 0.1) is 19.3 Å². The smallest absolute Gasteiger partial charge is 0.147 e. The Labute approximate surface area is 126 Å². The van der Waals surface area contributed by atoms with Crippen LogP contribution in [0.1, 0.15) is 25.0 Å². The molecule has 0 aliphatic carbocycles. The lowest BCUT2D eigenvalue weighted by atomic mass is 9.89. The molecule has 2 fully saturated rings. The summed E-state index contributed by atoms with van der Waals surface area (Å²) in [7, 11) is 0. The van der Waals surface area contributed by atoms with Gasteiger partial charge in [-0.1, -0.05) is 6.92 Å². The lowest BCUT2D eigenvalue weighted by Gasteiger charge is -2.37. The van der Waals surface area contributed by atoms with Crippen molar-refractivity contribution in [3.8, 4) is 0 Å². The van der Waals surface area contributed by atoms with Crippen molar-refractivity contribution in [1.82, 2.24) is 25.0 Å². The van der Waals surface area contributed by atoms with Gasteiger partial charge in [-0.05, 0) is 32.2 Å². The normalized spacial score (nSPS) is 30.9. The van der Waals surface area contributed by atoms with Crippen LogP contribution in [0.2, 0.25) is 0 Å². The molecule has 118 valence electrons. The summed E-state index contributed by atoms with van der Waals surface area (Å²) in [6, 6.07) is 0. The topological polar surface area (TPSA) is 55.2 Å². The Morgan fingerprint density at radius 1 is 1.43 bits per heavy atom. The second kappa shape index (κ2) is 6.02. The van der Waals surface area contributed by atoms with Crippen LogP contribution in [0.4, 0.5) is 0 Å². The van der Waals surface area contributed by atoms with Crippen LogP contribution >= 0.6 is 0 Å². The molecule has 0 spiro atoms. The number of ether oxygens (including phenoxy) is 1. The monoisotopic (exact) mass is 293 g/mol. The van der Waals surface area contributed by atoms with E-state index in [0.29, 0.717) is 5.41 Å². The van der Waals surface area contributed by atoms with Crippen LogP contribution in [-0.4, -0.2) is 65.1 Å². The summed E-state index contributed by atoms with van der Waals surface area (Å²) in [4.78, 5) is 6.92. The van der Waals surface area contributed by atoms with Crippen LogP contribution in [-0.2, 0) is 11.3 Å². The molecule has 3 heterocycles. The molecule has 2 atom stereocenters. The third-order valence-corrected chi connectivity index (χ3v) is 4.62. The van der Waals surface area contributed by atoms with Crippen LogP contribution < -0.4 is 5.32 Å². The summed E-state index contributed by atoms with van der Waals surface area (Å²) in [6.45, 7) is 13.4. The summed E-state index contributed by atoms with van der Waals surface area (Å²) >= 11 is 0. The van der Waals surface area contributed by atoms with Gasteiger partial charge in [-0.3, -0.25) is 4.90 Å². The first kappa shape index (κ1) is 14.9. The first-order valence-electron chi connectivity index (χ1n) is 7.97. The molecule has 1 N–H and O–H groups in total. The number of nitrogens with zero attached hydrogens (tertiary/aromatic N) is 4. The van der Waals surface area contributed by atoms with Crippen molar-refractivity contribution in [3.63, 3.8) is 0 Å². The fraction of sp³-hybridized carbons (Fsp3) is 0.867. The van der Waals surface area contributed by atoms with Crippen molar-refractivity contribution in [2.75, 3.05) is 39.3 Å². The molecule has 2 aliphatic heterocycles. The van der Waals surface area contributed by atoms with Crippen molar-refractivity contribution in [3.05, 3.63) is 11.6 Å². The average molecular weight is 293 g/mol. The molecular weight excluding hydrogens is 266 g/mol. The molecular formula is C15H27N5O. The van der Waals surface area contributed by atoms with E-state index in [1.165, 1.54) is 6.42 Å². The second-order valence-electron chi connectivity index (χ2n) is 6.85. The van der Waals surface area contributed by atoms with E-state index in [0.717, 1.165) is 57.5 Å². The van der Waals surface area contributed by atoms with Crippen LogP contribution in [0.15, 0.2) is 0 Å². The predicted octanol–water partition coefficient (Wildman–Crippen LogP) is 0.595. The van der Waals surface area contributed by atoms with Gasteiger partial charge in [0.05, 0.1) is 19.3 Å². The Balaban J connectivity index is 1.57. The highest BCUT2D eigenvalue weighted by molar-refractivity contribution is 4.90. The predicted molar refractivity (Wildman–Crippen MR) is 81.3 cm³/mol. The third kappa shape index (κ3) is 3.62. The number of nitrogens with one attached hydrogen (secondary N) is 1. The van der Waals surface area contributed by atoms with Gasteiger partial charge >= 0.3 is 0 Å². The lowest BCUT2D eigenvalue weighted by molar-refractivity contribution is -0.0469. The van der Waals surface area contributed by atoms with Crippen molar-refractivity contribution in [1.29, 1.82) is 0 Å². The zero-order chi connectivity index (χ0) is 14.9. The molecule has 3 rings (SSSR count). The van der Waals surface area contributed by atoms with Gasteiger partial charge < -0.3 is 10.1 Å². The van der Waals surface area contributed by atoms with E-state index in [9.17, 15) is 0 Å². The van der Waals surface area contributed by atoms with E-state index in [1.54, 1.807) is 0 Å². The van der Waals surface area contributed by atoms with E-state index < -0.39 is 0 Å². The van der Waals surface area contributed by atoms with E-state index in [4.69, 9.17) is 4.74 Å². The zero-order valence-corrected chi connectivity index (χ0v) is 13.4. The molecule has 2 saturated heterocycles. The van der Waals surface area contributed by atoms with E-state index in [-0.39, 0.29) is 6.10 Å². The van der Waals surface area contributed by atoms with E-state index in [1.807, 2.05) is 18.5 Å². The van der Waals surface area contributed by atoms with Crippen LogP contribution in [0.3, 0.4) is 0 Å². The van der Waals surface area contributed by atoms with Gasteiger partial charge in [0.2, 0.25) is 0 Å². The van der Waals surface area contributed by atoms with Gasteiger partial charge in [-0.25, -0.2) is 9.67 Å². The highest BCUT2D eigenvalue weighted by Crippen LogP contribution is 2.26. The Hall–Kier alpha value is -0.980. The van der Waals surface area contributed by atoms with Crippen molar-refractivity contribution in [2.45, 2.75) is 39.8 Å². The van der Waals surface area contributed by atoms with Gasteiger partial charge in [-0.15, -0.1) is 0 Å². The number of aryl methyl sites for hydroxylation is 2. The van der Waals surface area contributed by atoms with E-state index >= 15 is 0 Å². The standard InChI is InChI=1S/C15H27N5O/c1-12-17-13(2)20(18-12)9-14-8-19(6-7-21-14)11-15(3)4-5-16-10-15/h14,16H,4-11H2,1-3H3. The largest absolute Gasteiger partial charge is 0.374 e. The number of hydrogen-bond donors (Lipinski definition) is 1. The molecule has 0 bridgehead atoms. The zero-order valence-electron chi connectivity index (χ0n) is 13.4. The van der Waals surface area contributed by atoms with Gasteiger partial charge in [0.25, 0.3) is 0 Å². The Bertz CT molecular complexity index is 480. The molecule has 2 aliphatic rings. The maximum atomic E-state index is 5.93. The van der Waals surface area contributed by atoms with Gasteiger partial charge in [0.15, 0.2) is 0 Å². The van der Waals surface area contributed by atoms with Crippen molar-refractivity contribution in [2.24, 2.45) is 5.41 Å². The molecule has 1 aromatic heterocycles. The van der Waals surface area contributed by atoms with Crippen molar-refractivity contribution >= 4 is 0 Å². The molecule has 1 aromatic rings. The average Bonchev–Trinajstić information content (AvgIpc) is 2.97. The Kier molecular flexibility index (Phi) is 4.28. The van der Waals surface area contributed by atoms with Crippen molar-refractivity contribution < 1.29 is 4.74 Å². The molecule has 2 unspecified atom stereocenters. The van der Waals surface area contributed by atoms with Crippen LogP contribution in [0.5, 0.6) is 0 Å². The summed E-state index contributed by atoms with van der Waals surface area (Å²) in [5.74, 6) is 1.81. The first-order valence-corrected chi connectivity index (χ1v) is 7.97. The van der Waals surface area contributed by atoms with E-state index in [2.05, 4.69) is 27.2 Å². The highest BCUT2D eigenvalue weighted by atomic mass is 16.5. The minimum Gasteiger partial charge on any atom is -0.374 e. The molecule has 6 nitrogen and oxygen atoms in total. The summed E-state index contributed by atoms with van der Waals surface area (Å²) < 4.78 is 7.90. The van der Waals surface area contributed by atoms with Gasteiger partial charge in [-0.2, -0.15) is 5.10 Å². The maximum Gasteiger partial charge on any atom is 0.147 e. The number of rotatable bonds is 4. The third-order valence-electron chi connectivity index (χ3n) is 4.62. The SMILES string of the molecule is Cc1nc(C)n(CC2CN(CC3(C)CCNC3)CCO2)n1. The van der Waals surface area contributed by atoms with Gasteiger partial charge in [0.1, 0.15) is 11.6 Å². The molecule has 0 saturated carbocycles. The molecule has 0 amide bonds. The highest BCUT2D eigenvalue weighted by Gasteiger charge is 2.32. The number of morpholine rings is 1. The lowest BCUT2D eigenvalue weighted by Crippen LogP contribution is -2.48. The summed E-state index contributed by atoms with van der Waals surface area (Å²) in [6.07, 6.45) is 1.49. The molecule has 0 radical (unpaired) electrons. The summed E-state index contributed by atoms with van der Waals surface area (Å²) in [5, 5.41) is 7.93. The molecule has 0 aromatic carbocycles. The Morgan fingerprint density at radius 3 is 2.95 bits per heavy atom. The number of aromatic nitrogens is 3. The Morgan fingerprint density at radius 2 is 2.29 bits per heavy atom. The fourth-order valence-electron chi connectivity index (χ4n) is 3.51. The first-order chi connectivity index (χ1) is 10.0.